The molecule has 0 saturated carbocycles. The zero-order chi connectivity index (χ0) is 27.9. The van der Waals surface area contributed by atoms with Crippen LogP contribution in [0.1, 0.15) is 47.2 Å². The van der Waals surface area contributed by atoms with Gasteiger partial charge >= 0.3 is 11.9 Å². The number of fused-ring (bicyclic) bond motifs is 1. The number of nitrogens with one attached hydrogen (secondary N) is 4. The molecule has 4 aliphatic heterocycles. The van der Waals surface area contributed by atoms with E-state index in [1.807, 2.05) is 0 Å². The van der Waals surface area contributed by atoms with Crippen LogP contribution in [0, 0.1) is 0 Å². The summed E-state index contributed by atoms with van der Waals surface area (Å²) in [5.41, 5.74) is 10.3. The van der Waals surface area contributed by atoms with E-state index in [-0.39, 0.29) is 73.6 Å². The van der Waals surface area contributed by atoms with E-state index in [9.17, 15) is 33.4 Å². The Hall–Kier alpha value is -3.85. The number of hydrogen-bond acceptors (Lipinski definition) is 9. The Kier molecular flexibility index (Phi) is 5.43. The summed E-state index contributed by atoms with van der Waals surface area (Å²) >= 11 is 0. The van der Waals surface area contributed by atoms with Crippen LogP contribution >= 0.6 is 0 Å². The normalized spacial score (nSPS) is 32.2. The van der Waals surface area contributed by atoms with E-state index >= 15 is 0 Å². The molecule has 1 spiro atoms. The second kappa shape index (κ2) is 8.32. The SMILES string of the molecule is NC1=[NH+][C@H]2[C@H](CN3C(=O)CCC3=O)NC(N)=[N+]3CC(NC(=O)c4cccc5c4C(F)(F)CCC5)C(O)(O)[C@]23N1. The lowest BCUT2D eigenvalue weighted by Crippen LogP contribution is -2.92. The largest absolute Gasteiger partial charge is 0.358 e. The van der Waals surface area contributed by atoms with Crippen molar-refractivity contribution in [3.63, 3.8) is 0 Å². The van der Waals surface area contributed by atoms with Crippen LogP contribution in [0.2, 0.25) is 0 Å². The van der Waals surface area contributed by atoms with Gasteiger partial charge in [0, 0.05) is 30.4 Å². The van der Waals surface area contributed by atoms with Crippen LogP contribution in [0.3, 0.4) is 0 Å². The minimum atomic E-state index is -3.20. The van der Waals surface area contributed by atoms with Crippen molar-refractivity contribution in [2.24, 2.45) is 11.5 Å². The number of aliphatic hydroxyl groups is 2. The highest BCUT2D eigenvalue weighted by Gasteiger charge is 2.78. The molecule has 2 saturated heterocycles. The Morgan fingerprint density at radius 1 is 1.21 bits per heavy atom. The third kappa shape index (κ3) is 3.52. The summed E-state index contributed by atoms with van der Waals surface area (Å²) in [6, 6.07) is 1.22. The van der Waals surface area contributed by atoms with E-state index in [1.165, 1.54) is 16.7 Å². The number of carbonyl (C=O) groups is 3. The Morgan fingerprint density at radius 3 is 2.64 bits per heavy atom. The summed E-state index contributed by atoms with van der Waals surface area (Å²) in [5.74, 6) is -7.61. The number of halogens is 2. The van der Waals surface area contributed by atoms with Gasteiger partial charge in [0.1, 0.15) is 12.1 Å². The van der Waals surface area contributed by atoms with Gasteiger partial charge in [0.15, 0.2) is 6.04 Å². The van der Waals surface area contributed by atoms with Crippen molar-refractivity contribution in [1.29, 1.82) is 0 Å². The van der Waals surface area contributed by atoms with Crippen LogP contribution < -0.4 is 32.4 Å². The molecule has 1 aromatic rings. The summed E-state index contributed by atoms with van der Waals surface area (Å²) in [7, 11) is 0. The molecule has 4 atom stereocenters. The number of benzene rings is 1. The topological polar surface area (TPSA) is 200 Å². The van der Waals surface area contributed by atoms with Crippen molar-refractivity contribution in [3.05, 3.63) is 34.9 Å². The van der Waals surface area contributed by atoms with Crippen molar-refractivity contribution < 1.29 is 42.9 Å². The molecular weight excluding hydrogens is 518 g/mol. The number of alkyl halides is 2. The molecule has 1 aliphatic carbocycles. The van der Waals surface area contributed by atoms with Gasteiger partial charge in [0.2, 0.25) is 11.8 Å². The number of carbonyl (C=O) groups excluding carboxylic acids is 3. The highest BCUT2D eigenvalue weighted by atomic mass is 19.3. The molecule has 2 fully saturated rings. The van der Waals surface area contributed by atoms with E-state index in [0.717, 1.165) is 4.90 Å². The molecule has 3 amide bonds. The number of amides is 3. The predicted molar refractivity (Wildman–Crippen MR) is 129 cm³/mol. The number of likely N-dealkylation sites (tertiary alicyclic amines) is 1. The van der Waals surface area contributed by atoms with Gasteiger partial charge in [-0.3, -0.25) is 41.1 Å². The number of imide groups is 1. The van der Waals surface area contributed by atoms with E-state index in [1.54, 1.807) is 6.07 Å². The lowest BCUT2D eigenvalue weighted by atomic mass is 9.84. The first-order valence-electron chi connectivity index (χ1n) is 12.8. The van der Waals surface area contributed by atoms with Crippen molar-refractivity contribution in [1.82, 2.24) is 20.9 Å². The van der Waals surface area contributed by atoms with Crippen LogP contribution in [0.25, 0.3) is 0 Å². The minimum Gasteiger partial charge on any atom is -0.358 e. The second-order valence-corrected chi connectivity index (χ2v) is 10.7. The van der Waals surface area contributed by atoms with Gasteiger partial charge < -0.3 is 15.5 Å². The van der Waals surface area contributed by atoms with Crippen LogP contribution in [0.15, 0.2) is 18.2 Å². The van der Waals surface area contributed by atoms with E-state index in [0.29, 0.717) is 12.0 Å². The van der Waals surface area contributed by atoms with Gasteiger partial charge in [-0.25, -0.2) is 18.7 Å². The first kappa shape index (κ1) is 25.4. The third-order valence-corrected chi connectivity index (χ3v) is 8.49. The van der Waals surface area contributed by atoms with Gasteiger partial charge in [-0.2, -0.15) is 0 Å². The van der Waals surface area contributed by atoms with Gasteiger partial charge in [-0.1, -0.05) is 12.1 Å². The van der Waals surface area contributed by atoms with Crippen molar-refractivity contribution in [3.8, 4) is 0 Å². The zero-order valence-corrected chi connectivity index (χ0v) is 20.8. The van der Waals surface area contributed by atoms with Gasteiger partial charge in [0.25, 0.3) is 23.3 Å². The molecule has 39 heavy (non-hydrogen) atoms. The molecule has 4 heterocycles. The molecule has 5 aliphatic rings. The molecule has 0 aromatic heterocycles. The van der Waals surface area contributed by atoms with Crippen molar-refractivity contribution >= 4 is 29.6 Å². The number of nitrogens with zero attached hydrogens (tertiary/aromatic N) is 2. The van der Waals surface area contributed by atoms with Gasteiger partial charge in [-0.05, 0) is 24.5 Å². The Bertz CT molecular complexity index is 1350. The first-order valence-corrected chi connectivity index (χ1v) is 12.8. The summed E-state index contributed by atoms with van der Waals surface area (Å²) in [6.45, 7) is -0.353. The molecule has 13 nitrogen and oxygen atoms in total. The average molecular weight is 549 g/mol. The molecule has 208 valence electrons. The number of aryl methyl sites for hydroxylation is 1. The smallest absolute Gasteiger partial charge is 0.347 e. The fraction of sp³-hybridized carbons (Fsp3) is 0.542. The average Bonchev–Trinajstić information content (AvgIpc) is 3.46. The molecule has 0 bridgehead atoms. The quantitative estimate of drug-likeness (QED) is 0.104. The molecular formula is C24H30F2N8O5+2. The predicted octanol–water partition coefficient (Wildman–Crippen LogP) is -4.58. The minimum absolute atomic E-state index is 0.0211. The molecule has 1 unspecified atom stereocenters. The van der Waals surface area contributed by atoms with E-state index < -0.39 is 41.4 Å². The molecule has 10 N–H and O–H groups in total. The standard InChI is InChI=1S/C24H28F2N8O5/c25-22(26)8-2-4-11-3-1-5-12(17(11)22)19(37)30-14-10-34-21(28)29-13(9-33-15(35)6-7-16(33)36)18-23(34,24(14,38)39)32-20(27)31-18/h1,3,5,13-14,18,38-39H,2,4,6-10H2,(H6,27,28,29,30,31,32,37)/p+2/t13-,14?,18-,23-/m0/s1. The lowest BCUT2D eigenvalue weighted by molar-refractivity contribution is -0.674. The third-order valence-electron chi connectivity index (χ3n) is 8.49. The van der Waals surface area contributed by atoms with Crippen LogP contribution in [-0.2, 0) is 21.9 Å². The Morgan fingerprint density at radius 2 is 1.92 bits per heavy atom. The number of nitrogens with two attached hydrogens (primary N) is 2. The number of guanidine groups is 2. The Balaban J connectivity index is 1.33. The molecule has 0 radical (unpaired) electrons. The summed E-state index contributed by atoms with van der Waals surface area (Å²) in [6.07, 6.45) is 0.460. The van der Waals surface area contributed by atoms with Crippen LogP contribution in [0.4, 0.5) is 8.78 Å². The summed E-state index contributed by atoms with van der Waals surface area (Å²) in [5, 5.41) is 31.6. The van der Waals surface area contributed by atoms with E-state index in [4.69, 9.17) is 11.5 Å². The van der Waals surface area contributed by atoms with Gasteiger partial charge in [0.05, 0.1) is 13.1 Å². The van der Waals surface area contributed by atoms with Gasteiger partial charge in [-0.15, -0.1) is 0 Å². The number of hydrogen-bond donors (Lipinski definition) is 8. The highest BCUT2D eigenvalue weighted by Crippen LogP contribution is 2.42. The molecule has 15 heteroatoms. The maximum atomic E-state index is 14.9. The Labute approximate surface area is 220 Å². The van der Waals surface area contributed by atoms with Crippen molar-refractivity contribution in [2.45, 2.75) is 67.6 Å². The van der Waals surface area contributed by atoms with Crippen molar-refractivity contribution in [2.75, 3.05) is 13.1 Å². The van der Waals surface area contributed by atoms with Crippen LogP contribution in [-0.4, -0.2) is 92.0 Å². The van der Waals surface area contributed by atoms with E-state index in [2.05, 4.69) is 20.9 Å². The second-order valence-electron chi connectivity index (χ2n) is 10.7. The lowest BCUT2D eigenvalue weighted by Gasteiger charge is -2.41. The van der Waals surface area contributed by atoms with Crippen LogP contribution in [0.5, 0.6) is 0 Å². The monoisotopic (exact) mass is 548 g/mol. The molecule has 6 rings (SSSR count). The first-order chi connectivity index (χ1) is 18.4. The fourth-order valence-electron chi connectivity index (χ4n) is 6.71. The fourth-order valence-corrected chi connectivity index (χ4v) is 6.71. The molecule has 1 aromatic carbocycles. The highest BCUT2D eigenvalue weighted by molar-refractivity contribution is 6.02. The number of rotatable bonds is 4. The maximum absolute atomic E-state index is 14.9. The maximum Gasteiger partial charge on any atom is 0.347 e. The summed E-state index contributed by atoms with van der Waals surface area (Å²) < 4.78 is 31.1. The summed E-state index contributed by atoms with van der Waals surface area (Å²) in [4.78, 5) is 41.9. The zero-order valence-electron chi connectivity index (χ0n) is 20.8.